The van der Waals surface area contributed by atoms with E-state index < -0.39 is 5.97 Å². The van der Waals surface area contributed by atoms with Gasteiger partial charge in [-0.05, 0) is 31.2 Å². The van der Waals surface area contributed by atoms with E-state index in [9.17, 15) is 9.59 Å². The molecule has 0 spiro atoms. The first-order chi connectivity index (χ1) is 9.65. The van der Waals surface area contributed by atoms with Gasteiger partial charge in [0.2, 0.25) is 5.91 Å². The highest BCUT2D eigenvalue weighted by molar-refractivity contribution is 5.76. The van der Waals surface area contributed by atoms with Crippen molar-refractivity contribution < 1.29 is 14.7 Å². The van der Waals surface area contributed by atoms with Gasteiger partial charge in [-0.1, -0.05) is 0 Å². The number of likely N-dealkylation sites (tertiary alicyclic amines) is 1. The lowest BCUT2D eigenvalue weighted by atomic mass is 9.97. The molecule has 1 saturated heterocycles. The summed E-state index contributed by atoms with van der Waals surface area (Å²) in [6, 6.07) is 1.84. The molecule has 2 rings (SSSR count). The number of hydrogen-bond acceptors (Lipinski definition) is 3. The van der Waals surface area contributed by atoms with Crippen LogP contribution in [0.3, 0.4) is 0 Å². The van der Waals surface area contributed by atoms with Crippen LogP contribution >= 0.6 is 0 Å². The van der Waals surface area contributed by atoms with Crippen molar-refractivity contribution in [3.63, 3.8) is 0 Å². The van der Waals surface area contributed by atoms with Crippen LogP contribution in [0.1, 0.15) is 32.1 Å². The number of carbonyl (C=O) groups excluding carboxylic acids is 1. The lowest BCUT2D eigenvalue weighted by Gasteiger charge is -2.20. The summed E-state index contributed by atoms with van der Waals surface area (Å²) in [6.45, 7) is 2.02. The van der Waals surface area contributed by atoms with Crippen LogP contribution < -0.4 is 0 Å². The first-order valence-corrected chi connectivity index (χ1v) is 7.12. The molecule has 6 nitrogen and oxygen atoms in total. The van der Waals surface area contributed by atoms with E-state index in [1.807, 2.05) is 17.2 Å². The summed E-state index contributed by atoms with van der Waals surface area (Å²) in [5, 5.41) is 12.9. The maximum absolute atomic E-state index is 12.1. The van der Waals surface area contributed by atoms with Crippen molar-refractivity contribution in [3.05, 3.63) is 18.5 Å². The van der Waals surface area contributed by atoms with Crippen molar-refractivity contribution in [3.8, 4) is 0 Å². The van der Waals surface area contributed by atoms with Gasteiger partial charge in [-0.2, -0.15) is 5.10 Å². The summed E-state index contributed by atoms with van der Waals surface area (Å²) < 4.78 is 1.75. The molecule has 1 amide bonds. The predicted molar refractivity (Wildman–Crippen MR) is 73.0 cm³/mol. The maximum Gasteiger partial charge on any atom is 0.303 e. The second kappa shape index (κ2) is 7.07. The number of aliphatic carboxylic acids is 1. The van der Waals surface area contributed by atoms with Gasteiger partial charge in [0.25, 0.3) is 0 Å². The Morgan fingerprint density at radius 1 is 1.30 bits per heavy atom. The number of nitrogens with zero attached hydrogens (tertiary/aromatic N) is 3. The summed E-state index contributed by atoms with van der Waals surface area (Å²) in [6.07, 6.45) is 6.80. The molecular weight excluding hydrogens is 258 g/mol. The zero-order valence-corrected chi connectivity index (χ0v) is 11.6. The Morgan fingerprint density at radius 2 is 2.15 bits per heavy atom. The Kier molecular flexibility index (Phi) is 5.15. The molecule has 0 aliphatic carbocycles. The third kappa shape index (κ3) is 4.36. The third-order valence-corrected chi connectivity index (χ3v) is 3.78. The third-order valence-electron chi connectivity index (χ3n) is 3.78. The van der Waals surface area contributed by atoms with Gasteiger partial charge in [-0.15, -0.1) is 0 Å². The molecule has 20 heavy (non-hydrogen) atoms. The number of rotatable bonds is 5. The molecule has 0 bridgehead atoms. The molecule has 1 atom stereocenters. The topological polar surface area (TPSA) is 75.4 Å². The second-order valence-electron chi connectivity index (χ2n) is 5.29. The van der Waals surface area contributed by atoms with Crippen molar-refractivity contribution in [1.82, 2.24) is 14.7 Å². The van der Waals surface area contributed by atoms with Crippen molar-refractivity contribution in [1.29, 1.82) is 0 Å². The quantitative estimate of drug-likeness (QED) is 0.883. The van der Waals surface area contributed by atoms with E-state index in [1.54, 1.807) is 10.9 Å². The lowest BCUT2D eigenvalue weighted by Crippen LogP contribution is -2.32. The Bertz CT molecular complexity index is 445. The van der Waals surface area contributed by atoms with Gasteiger partial charge in [0.1, 0.15) is 0 Å². The Balaban J connectivity index is 1.77. The molecule has 1 aromatic rings. The lowest BCUT2D eigenvalue weighted by molar-refractivity contribution is -0.138. The average Bonchev–Trinajstić information content (AvgIpc) is 2.82. The fourth-order valence-electron chi connectivity index (χ4n) is 2.67. The van der Waals surface area contributed by atoms with Crippen molar-refractivity contribution in [2.24, 2.45) is 5.92 Å². The van der Waals surface area contributed by atoms with E-state index >= 15 is 0 Å². The summed E-state index contributed by atoms with van der Waals surface area (Å²) in [7, 11) is 0. The molecule has 0 unspecified atom stereocenters. The molecule has 1 aromatic heterocycles. The van der Waals surface area contributed by atoms with Crippen LogP contribution in [0.15, 0.2) is 18.5 Å². The average molecular weight is 279 g/mol. The van der Waals surface area contributed by atoms with Crippen LogP contribution in [-0.2, 0) is 16.1 Å². The summed E-state index contributed by atoms with van der Waals surface area (Å²) in [5.41, 5.74) is 0. The SMILES string of the molecule is O=C(O)C[C@@H]1CCCN(C(=O)CCn2cccn2)CC1. The second-order valence-corrected chi connectivity index (χ2v) is 5.29. The fourth-order valence-corrected chi connectivity index (χ4v) is 2.67. The smallest absolute Gasteiger partial charge is 0.303 e. The molecule has 0 radical (unpaired) electrons. The van der Waals surface area contributed by atoms with Gasteiger partial charge >= 0.3 is 5.97 Å². The minimum absolute atomic E-state index is 0.136. The molecule has 6 heteroatoms. The van der Waals surface area contributed by atoms with Gasteiger partial charge in [0, 0.05) is 44.9 Å². The molecule has 1 N–H and O–H groups in total. The molecule has 0 saturated carbocycles. The number of carboxylic acids is 1. The van der Waals surface area contributed by atoms with Gasteiger partial charge in [-0.25, -0.2) is 0 Å². The van der Waals surface area contributed by atoms with Gasteiger partial charge in [-0.3, -0.25) is 14.3 Å². The molecule has 0 aromatic carbocycles. The number of aromatic nitrogens is 2. The normalized spacial score (nSPS) is 19.6. The summed E-state index contributed by atoms with van der Waals surface area (Å²) in [4.78, 5) is 24.7. The Morgan fingerprint density at radius 3 is 2.85 bits per heavy atom. The number of aryl methyl sites for hydroxylation is 1. The molecule has 1 aliphatic rings. The molecule has 110 valence electrons. The van der Waals surface area contributed by atoms with Crippen LogP contribution in [0.2, 0.25) is 0 Å². The van der Waals surface area contributed by atoms with E-state index in [2.05, 4.69) is 5.10 Å². The number of amides is 1. The van der Waals surface area contributed by atoms with E-state index in [0.717, 1.165) is 25.8 Å². The largest absolute Gasteiger partial charge is 0.481 e. The number of carboxylic acid groups (broad SMARTS) is 1. The van der Waals surface area contributed by atoms with Crippen LogP contribution in [0, 0.1) is 5.92 Å². The Labute approximate surface area is 118 Å². The highest BCUT2D eigenvalue weighted by Gasteiger charge is 2.21. The van der Waals surface area contributed by atoms with E-state index in [0.29, 0.717) is 19.5 Å². The fraction of sp³-hybridized carbons (Fsp3) is 0.643. The summed E-state index contributed by atoms with van der Waals surface area (Å²) >= 11 is 0. The number of carbonyl (C=O) groups is 2. The Hall–Kier alpha value is -1.85. The van der Waals surface area contributed by atoms with Crippen molar-refractivity contribution >= 4 is 11.9 Å². The monoisotopic (exact) mass is 279 g/mol. The predicted octanol–water partition coefficient (Wildman–Crippen LogP) is 1.38. The zero-order chi connectivity index (χ0) is 14.4. The minimum atomic E-state index is -0.742. The van der Waals surface area contributed by atoms with Crippen LogP contribution in [0.4, 0.5) is 0 Å². The van der Waals surface area contributed by atoms with Crippen LogP contribution in [-0.4, -0.2) is 44.8 Å². The highest BCUT2D eigenvalue weighted by Crippen LogP contribution is 2.21. The zero-order valence-electron chi connectivity index (χ0n) is 11.6. The number of hydrogen-bond donors (Lipinski definition) is 1. The molecular formula is C14H21N3O3. The first kappa shape index (κ1) is 14.6. The standard InChI is InChI=1S/C14H21N3O3/c18-13(5-10-17-8-2-6-15-17)16-7-1-3-12(4-9-16)11-14(19)20/h2,6,8,12H,1,3-5,7,9-11H2,(H,19,20)/t12-/m1/s1. The van der Waals surface area contributed by atoms with E-state index in [4.69, 9.17) is 5.11 Å². The van der Waals surface area contributed by atoms with Gasteiger partial charge in [0.15, 0.2) is 0 Å². The van der Waals surface area contributed by atoms with E-state index in [-0.39, 0.29) is 18.2 Å². The van der Waals surface area contributed by atoms with Crippen LogP contribution in [0.25, 0.3) is 0 Å². The maximum atomic E-state index is 12.1. The van der Waals surface area contributed by atoms with Crippen molar-refractivity contribution in [2.75, 3.05) is 13.1 Å². The molecule has 1 fully saturated rings. The van der Waals surface area contributed by atoms with Gasteiger partial charge in [0.05, 0.1) is 0 Å². The van der Waals surface area contributed by atoms with E-state index in [1.165, 1.54) is 0 Å². The molecule has 2 heterocycles. The van der Waals surface area contributed by atoms with Gasteiger partial charge < -0.3 is 10.0 Å². The minimum Gasteiger partial charge on any atom is -0.481 e. The van der Waals surface area contributed by atoms with Crippen LogP contribution in [0.5, 0.6) is 0 Å². The summed E-state index contributed by atoms with van der Waals surface area (Å²) in [5.74, 6) is -0.402. The first-order valence-electron chi connectivity index (χ1n) is 7.12. The van der Waals surface area contributed by atoms with Crippen molar-refractivity contribution in [2.45, 2.75) is 38.6 Å². The highest BCUT2D eigenvalue weighted by atomic mass is 16.4. The molecule has 1 aliphatic heterocycles.